The fourth-order valence-electron chi connectivity index (χ4n) is 2.82. The van der Waals surface area contributed by atoms with E-state index in [4.69, 9.17) is 0 Å². The van der Waals surface area contributed by atoms with Crippen molar-refractivity contribution >= 4 is 35.7 Å². The highest BCUT2D eigenvalue weighted by Crippen LogP contribution is 2.32. The minimum Gasteiger partial charge on any atom is -0.361 e. The van der Waals surface area contributed by atoms with Gasteiger partial charge in [0.05, 0.1) is 6.04 Å². The molecule has 2 heterocycles. The van der Waals surface area contributed by atoms with Crippen molar-refractivity contribution in [1.82, 2.24) is 15.2 Å². The van der Waals surface area contributed by atoms with E-state index in [-0.39, 0.29) is 24.8 Å². The van der Waals surface area contributed by atoms with Crippen molar-refractivity contribution in [3.8, 4) is 0 Å². The molecule has 1 aliphatic heterocycles. The Kier molecular flexibility index (Phi) is 6.87. The van der Waals surface area contributed by atoms with Gasteiger partial charge >= 0.3 is 0 Å². The number of piperazine rings is 1. The van der Waals surface area contributed by atoms with Gasteiger partial charge in [-0.2, -0.15) is 0 Å². The van der Waals surface area contributed by atoms with Crippen molar-refractivity contribution in [2.75, 3.05) is 26.2 Å². The number of hydrogen-bond donors (Lipinski definition) is 2. The van der Waals surface area contributed by atoms with Crippen LogP contribution in [-0.2, 0) is 0 Å². The molecule has 118 valence electrons. The molecule has 1 fully saturated rings. The van der Waals surface area contributed by atoms with Gasteiger partial charge in [-0.1, -0.05) is 12.1 Å². The summed E-state index contributed by atoms with van der Waals surface area (Å²) in [6.07, 6.45) is -0.576. The van der Waals surface area contributed by atoms with Crippen LogP contribution in [0.2, 0.25) is 0 Å². The van der Waals surface area contributed by atoms with Crippen LogP contribution in [0.3, 0.4) is 0 Å². The van der Waals surface area contributed by atoms with Crippen molar-refractivity contribution in [3.05, 3.63) is 36.0 Å². The summed E-state index contributed by atoms with van der Waals surface area (Å²) < 4.78 is 27.1. The van der Waals surface area contributed by atoms with Gasteiger partial charge in [0.25, 0.3) is 6.43 Å². The Morgan fingerprint density at radius 3 is 2.43 bits per heavy atom. The third-order valence-corrected chi connectivity index (χ3v) is 3.73. The maximum atomic E-state index is 13.5. The summed E-state index contributed by atoms with van der Waals surface area (Å²) in [7, 11) is 0. The molecule has 0 unspecified atom stereocenters. The molecule has 21 heavy (non-hydrogen) atoms. The van der Waals surface area contributed by atoms with E-state index in [1.165, 1.54) is 0 Å². The summed E-state index contributed by atoms with van der Waals surface area (Å²) in [4.78, 5) is 4.96. The van der Waals surface area contributed by atoms with Crippen LogP contribution < -0.4 is 5.32 Å². The minimum absolute atomic E-state index is 0. The second-order valence-corrected chi connectivity index (χ2v) is 4.85. The summed E-state index contributed by atoms with van der Waals surface area (Å²) >= 11 is 0. The second kappa shape index (κ2) is 7.94. The quantitative estimate of drug-likeness (QED) is 0.900. The Bertz CT molecular complexity index is 556. The molecule has 3 rings (SSSR count). The minimum atomic E-state index is -2.38. The molecule has 0 saturated carbocycles. The zero-order valence-corrected chi connectivity index (χ0v) is 13.0. The number of hydrogen-bond acceptors (Lipinski definition) is 2. The van der Waals surface area contributed by atoms with Gasteiger partial charge in [0.15, 0.2) is 0 Å². The molecule has 1 aromatic heterocycles. The zero-order valence-electron chi connectivity index (χ0n) is 11.4. The average Bonchev–Trinajstić information content (AvgIpc) is 2.89. The molecule has 1 saturated heterocycles. The topological polar surface area (TPSA) is 31.1 Å². The molecule has 0 radical (unpaired) electrons. The summed E-state index contributed by atoms with van der Waals surface area (Å²) in [5.74, 6) is 0. The first-order valence-corrected chi connectivity index (χ1v) is 6.56. The first-order chi connectivity index (χ1) is 9.27. The van der Waals surface area contributed by atoms with Crippen LogP contribution in [0, 0.1) is 0 Å². The van der Waals surface area contributed by atoms with Crippen molar-refractivity contribution in [2.24, 2.45) is 0 Å². The van der Waals surface area contributed by atoms with E-state index in [2.05, 4.69) is 10.3 Å². The molecule has 1 aliphatic rings. The number of benzene rings is 1. The number of alkyl halides is 2. The predicted octanol–water partition coefficient (Wildman–Crippen LogP) is 3.22. The molecule has 1 aromatic carbocycles. The molecular formula is C14H19Cl2F2N3. The molecule has 7 heteroatoms. The van der Waals surface area contributed by atoms with Gasteiger partial charge in [-0.15, -0.1) is 24.8 Å². The van der Waals surface area contributed by atoms with Crippen LogP contribution in [0.1, 0.15) is 11.6 Å². The number of H-pyrrole nitrogens is 1. The maximum absolute atomic E-state index is 13.5. The van der Waals surface area contributed by atoms with Crippen LogP contribution in [0.15, 0.2) is 30.5 Å². The van der Waals surface area contributed by atoms with Crippen LogP contribution in [0.25, 0.3) is 10.9 Å². The zero-order chi connectivity index (χ0) is 13.2. The van der Waals surface area contributed by atoms with E-state index in [1.54, 1.807) is 6.20 Å². The molecule has 0 aliphatic carbocycles. The number of rotatable bonds is 3. The Morgan fingerprint density at radius 2 is 1.76 bits per heavy atom. The smallest absolute Gasteiger partial charge is 0.258 e. The lowest BCUT2D eigenvalue weighted by atomic mass is 10.0. The summed E-state index contributed by atoms with van der Waals surface area (Å²) in [6, 6.07) is 6.63. The van der Waals surface area contributed by atoms with E-state index in [1.807, 2.05) is 29.2 Å². The SMILES string of the molecule is Cl.Cl.FC(F)[C@H](c1cccc2[nH]ccc12)N1CCNCC1. The first kappa shape index (κ1) is 18.2. The number of halogens is 4. The van der Waals surface area contributed by atoms with Gasteiger partial charge < -0.3 is 10.3 Å². The molecule has 0 spiro atoms. The van der Waals surface area contributed by atoms with Crippen LogP contribution in [0.5, 0.6) is 0 Å². The molecule has 2 N–H and O–H groups in total. The molecule has 1 atom stereocenters. The highest BCUT2D eigenvalue weighted by atomic mass is 35.5. The van der Waals surface area contributed by atoms with Crippen LogP contribution in [-0.4, -0.2) is 42.5 Å². The maximum Gasteiger partial charge on any atom is 0.258 e. The van der Waals surface area contributed by atoms with Crippen molar-refractivity contribution in [1.29, 1.82) is 0 Å². The highest BCUT2D eigenvalue weighted by Gasteiger charge is 2.31. The largest absolute Gasteiger partial charge is 0.361 e. The molecule has 3 nitrogen and oxygen atoms in total. The fraction of sp³-hybridized carbons (Fsp3) is 0.429. The number of aromatic amines is 1. The monoisotopic (exact) mass is 337 g/mol. The Morgan fingerprint density at radius 1 is 1.05 bits per heavy atom. The van der Waals surface area contributed by atoms with E-state index < -0.39 is 12.5 Å². The van der Waals surface area contributed by atoms with Crippen molar-refractivity contribution < 1.29 is 8.78 Å². The molecule has 2 aromatic rings. The Hall–Kier alpha value is -0.880. The van der Waals surface area contributed by atoms with Gasteiger partial charge in [-0.05, 0) is 17.7 Å². The Labute approximate surface area is 134 Å². The number of nitrogens with zero attached hydrogens (tertiary/aromatic N) is 1. The van der Waals surface area contributed by atoms with E-state index in [0.29, 0.717) is 13.1 Å². The van der Waals surface area contributed by atoms with Gasteiger partial charge in [0, 0.05) is 43.3 Å². The lowest BCUT2D eigenvalue weighted by Crippen LogP contribution is -2.46. The fourth-order valence-corrected chi connectivity index (χ4v) is 2.82. The average molecular weight is 338 g/mol. The Balaban J connectivity index is 0.00000110. The molecule has 0 amide bonds. The third-order valence-electron chi connectivity index (χ3n) is 3.73. The molecule has 0 bridgehead atoms. The normalized spacial score (nSPS) is 17.3. The van der Waals surface area contributed by atoms with Gasteiger partial charge in [-0.3, -0.25) is 4.90 Å². The third kappa shape index (κ3) is 3.66. The van der Waals surface area contributed by atoms with Gasteiger partial charge in [-0.25, -0.2) is 8.78 Å². The van der Waals surface area contributed by atoms with Crippen molar-refractivity contribution in [3.63, 3.8) is 0 Å². The lowest BCUT2D eigenvalue weighted by molar-refractivity contribution is 0.0189. The standard InChI is InChI=1S/C14H17F2N3.2ClH/c15-14(16)13(19-8-6-17-7-9-19)11-2-1-3-12-10(11)4-5-18-12;;/h1-5,13-14,17-18H,6-9H2;2*1H/t13-;;/m0../s1. The van der Waals surface area contributed by atoms with Crippen molar-refractivity contribution in [2.45, 2.75) is 12.5 Å². The lowest BCUT2D eigenvalue weighted by Gasteiger charge is -2.35. The van der Waals surface area contributed by atoms with Gasteiger partial charge in [0.1, 0.15) is 0 Å². The van der Waals surface area contributed by atoms with E-state index in [0.717, 1.165) is 29.6 Å². The van der Waals surface area contributed by atoms with Crippen LogP contribution >= 0.6 is 24.8 Å². The van der Waals surface area contributed by atoms with Crippen LogP contribution in [0.4, 0.5) is 8.78 Å². The highest BCUT2D eigenvalue weighted by molar-refractivity contribution is 5.85. The number of nitrogens with one attached hydrogen (secondary N) is 2. The predicted molar refractivity (Wildman–Crippen MR) is 86.0 cm³/mol. The summed E-state index contributed by atoms with van der Waals surface area (Å²) in [5, 5.41) is 4.09. The van der Waals surface area contributed by atoms with E-state index >= 15 is 0 Å². The van der Waals surface area contributed by atoms with Gasteiger partial charge in [0.2, 0.25) is 0 Å². The summed E-state index contributed by atoms with van der Waals surface area (Å²) in [5.41, 5.74) is 1.63. The number of fused-ring (bicyclic) bond motifs is 1. The first-order valence-electron chi connectivity index (χ1n) is 6.56. The molecular weight excluding hydrogens is 319 g/mol. The second-order valence-electron chi connectivity index (χ2n) is 4.85. The summed E-state index contributed by atoms with van der Waals surface area (Å²) in [6.45, 7) is 2.87. The number of aromatic nitrogens is 1. The van der Waals surface area contributed by atoms with E-state index in [9.17, 15) is 8.78 Å².